The molecular formula is C12H14N4O. The highest BCUT2D eigenvalue weighted by molar-refractivity contribution is 5.98. The zero-order valence-corrected chi connectivity index (χ0v) is 9.47. The van der Waals surface area contributed by atoms with E-state index in [0.29, 0.717) is 16.0 Å². The molecule has 3 rings (SSSR count). The first kappa shape index (κ1) is 10.1. The van der Waals surface area contributed by atoms with Gasteiger partial charge in [-0.1, -0.05) is 4.85 Å². The Labute approximate surface area is 99.0 Å². The van der Waals surface area contributed by atoms with Crippen LogP contribution in [0.25, 0.3) is 10.9 Å². The Morgan fingerprint density at radius 1 is 1.24 bits per heavy atom. The van der Waals surface area contributed by atoms with Gasteiger partial charge >= 0.3 is 0 Å². The van der Waals surface area contributed by atoms with Gasteiger partial charge in [-0.05, 0) is 25.0 Å². The molecule has 0 radical (unpaired) electrons. The molecule has 1 aromatic carbocycles. The summed E-state index contributed by atoms with van der Waals surface area (Å²) in [6.07, 6.45) is 3.85. The van der Waals surface area contributed by atoms with E-state index in [1.54, 1.807) is 6.07 Å². The molecular weight excluding hydrogens is 216 g/mol. The van der Waals surface area contributed by atoms with Crippen molar-refractivity contribution in [1.82, 2.24) is 5.10 Å². The fraction of sp³-hybridized carbons (Fsp3) is 0.333. The third-order valence-electron chi connectivity index (χ3n) is 3.24. The maximum atomic E-state index is 11.2. The molecule has 0 unspecified atom stereocenters. The summed E-state index contributed by atoms with van der Waals surface area (Å²) in [5, 5.41) is 16.1. The number of hydrogen-bond acceptors (Lipinski definition) is 4. The fourth-order valence-corrected chi connectivity index (χ4v) is 2.39. The van der Waals surface area contributed by atoms with Gasteiger partial charge in [0.15, 0.2) is 5.52 Å². The molecule has 17 heavy (non-hydrogen) atoms. The zero-order chi connectivity index (χ0) is 11.8. The Bertz CT molecular complexity index is 564. The number of fused-ring (bicyclic) bond motifs is 1. The van der Waals surface area contributed by atoms with E-state index in [0.717, 1.165) is 24.2 Å². The van der Waals surface area contributed by atoms with E-state index < -0.39 is 0 Å². The van der Waals surface area contributed by atoms with Crippen LogP contribution in [0.3, 0.4) is 0 Å². The first-order valence-electron chi connectivity index (χ1n) is 5.79. The van der Waals surface area contributed by atoms with E-state index in [2.05, 4.69) is 10.00 Å². The molecule has 1 fully saturated rings. The van der Waals surface area contributed by atoms with E-state index in [1.807, 2.05) is 12.1 Å². The number of benzene rings is 1. The van der Waals surface area contributed by atoms with Gasteiger partial charge in [0.2, 0.25) is 6.20 Å². The van der Waals surface area contributed by atoms with Crippen molar-refractivity contribution in [3.05, 3.63) is 29.6 Å². The largest absolute Gasteiger partial charge is 0.594 e. The van der Waals surface area contributed by atoms with E-state index in [-0.39, 0.29) is 0 Å². The molecule has 2 aromatic rings. The van der Waals surface area contributed by atoms with Gasteiger partial charge in [0.1, 0.15) is 0 Å². The number of nitrogens with zero attached hydrogens (tertiary/aromatic N) is 3. The highest BCUT2D eigenvalue weighted by Gasteiger charge is 2.17. The summed E-state index contributed by atoms with van der Waals surface area (Å²) in [5.41, 5.74) is 8.12. The summed E-state index contributed by atoms with van der Waals surface area (Å²) < 4.78 is 0. The molecule has 0 bridgehead atoms. The van der Waals surface area contributed by atoms with Crippen molar-refractivity contribution >= 4 is 22.3 Å². The number of anilines is 2. The number of aromatic nitrogens is 2. The second-order valence-corrected chi connectivity index (χ2v) is 4.35. The summed E-state index contributed by atoms with van der Waals surface area (Å²) in [5.74, 6) is 0. The van der Waals surface area contributed by atoms with E-state index >= 15 is 0 Å². The Morgan fingerprint density at radius 3 is 2.76 bits per heavy atom. The average Bonchev–Trinajstić information content (AvgIpc) is 2.84. The van der Waals surface area contributed by atoms with Crippen LogP contribution in [0.1, 0.15) is 12.8 Å². The third kappa shape index (κ3) is 1.63. The lowest BCUT2D eigenvalue weighted by Crippen LogP contribution is -2.30. The minimum atomic E-state index is 0.548. The van der Waals surface area contributed by atoms with Crippen molar-refractivity contribution < 1.29 is 4.85 Å². The van der Waals surface area contributed by atoms with Gasteiger partial charge in [-0.3, -0.25) is 0 Å². The Balaban J connectivity index is 2.22. The smallest absolute Gasteiger partial charge is 0.210 e. The SMILES string of the molecule is Nc1ccc(N2CCCC2)c2cc[n+]([O-])nc12. The molecule has 1 aliphatic rings. The van der Waals surface area contributed by atoms with Gasteiger partial charge < -0.3 is 15.8 Å². The molecule has 1 aromatic heterocycles. The summed E-state index contributed by atoms with van der Waals surface area (Å²) in [6.45, 7) is 2.12. The van der Waals surface area contributed by atoms with Gasteiger partial charge in [-0.25, -0.2) is 0 Å². The molecule has 1 aliphatic heterocycles. The van der Waals surface area contributed by atoms with Crippen molar-refractivity contribution in [2.45, 2.75) is 12.8 Å². The predicted octanol–water partition coefficient (Wildman–Crippen LogP) is 1.05. The van der Waals surface area contributed by atoms with E-state index in [4.69, 9.17) is 5.73 Å². The van der Waals surface area contributed by atoms with E-state index in [1.165, 1.54) is 19.0 Å². The van der Waals surface area contributed by atoms with Crippen LogP contribution >= 0.6 is 0 Å². The molecule has 0 atom stereocenters. The van der Waals surface area contributed by atoms with Gasteiger partial charge in [-0.2, -0.15) is 0 Å². The predicted molar refractivity (Wildman–Crippen MR) is 66.6 cm³/mol. The van der Waals surface area contributed by atoms with E-state index in [9.17, 15) is 5.21 Å². The minimum Gasteiger partial charge on any atom is -0.594 e. The Morgan fingerprint density at radius 2 is 2.00 bits per heavy atom. The molecule has 0 aliphatic carbocycles. The number of nitrogen functional groups attached to an aromatic ring is 1. The van der Waals surface area contributed by atoms with Crippen LogP contribution in [0.5, 0.6) is 0 Å². The maximum Gasteiger partial charge on any atom is 0.210 e. The summed E-state index contributed by atoms with van der Waals surface area (Å²) in [7, 11) is 0. The number of rotatable bonds is 1. The molecule has 2 heterocycles. The second kappa shape index (κ2) is 3.76. The highest BCUT2D eigenvalue weighted by Crippen LogP contribution is 2.30. The van der Waals surface area contributed by atoms with Crippen LogP contribution < -0.4 is 15.5 Å². The summed E-state index contributed by atoms with van der Waals surface area (Å²) in [6, 6.07) is 5.63. The first-order chi connectivity index (χ1) is 8.25. The summed E-state index contributed by atoms with van der Waals surface area (Å²) in [4.78, 5) is 2.87. The lowest BCUT2D eigenvalue weighted by Gasteiger charge is -2.19. The standard InChI is InChI=1S/C12H14N4O/c13-10-3-4-11(15-6-1-2-7-15)9-5-8-16(17)14-12(9)10/h3-5,8H,1-2,6-7,13H2. The van der Waals surface area contributed by atoms with Crippen LogP contribution in [0.2, 0.25) is 0 Å². The highest BCUT2D eigenvalue weighted by atomic mass is 16.5. The van der Waals surface area contributed by atoms with Crippen molar-refractivity contribution in [2.24, 2.45) is 0 Å². The van der Waals surface area contributed by atoms with Crippen molar-refractivity contribution in [3.63, 3.8) is 0 Å². The van der Waals surface area contributed by atoms with Gasteiger partial charge in [-0.15, -0.1) is 0 Å². The normalized spacial score (nSPS) is 15.6. The Hall–Kier alpha value is -2.04. The third-order valence-corrected chi connectivity index (χ3v) is 3.24. The number of hydrogen-bond donors (Lipinski definition) is 1. The quantitative estimate of drug-likeness (QED) is 0.451. The van der Waals surface area contributed by atoms with Gasteiger partial charge in [0.05, 0.1) is 5.69 Å². The maximum absolute atomic E-state index is 11.2. The molecule has 5 nitrogen and oxygen atoms in total. The first-order valence-corrected chi connectivity index (χ1v) is 5.79. The lowest BCUT2D eigenvalue weighted by atomic mass is 10.1. The monoisotopic (exact) mass is 230 g/mol. The van der Waals surface area contributed by atoms with Crippen molar-refractivity contribution in [1.29, 1.82) is 0 Å². The molecule has 2 N–H and O–H groups in total. The van der Waals surface area contributed by atoms with Crippen molar-refractivity contribution in [2.75, 3.05) is 23.7 Å². The lowest BCUT2D eigenvalue weighted by molar-refractivity contribution is -0.666. The van der Waals surface area contributed by atoms with Gasteiger partial charge in [0, 0.05) is 35.3 Å². The van der Waals surface area contributed by atoms with Crippen LogP contribution in [-0.2, 0) is 0 Å². The van der Waals surface area contributed by atoms with Crippen LogP contribution in [0.4, 0.5) is 11.4 Å². The second-order valence-electron chi connectivity index (χ2n) is 4.35. The minimum absolute atomic E-state index is 0.548. The molecule has 1 saturated heterocycles. The molecule has 88 valence electrons. The van der Waals surface area contributed by atoms with Crippen LogP contribution in [0.15, 0.2) is 24.4 Å². The topological polar surface area (TPSA) is 69.1 Å². The molecule has 0 spiro atoms. The molecule has 0 amide bonds. The number of nitrogens with two attached hydrogens (primary N) is 1. The fourth-order valence-electron chi connectivity index (χ4n) is 2.39. The van der Waals surface area contributed by atoms with Crippen LogP contribution in [0, 0.1) is 5.21 Å². The molecule has 5 heteroatoms. The van der Waals surface area contributed by atoms with Crippen molar-refractivity contribution in [3.8, 4) is 0 Å². The Kier molecular flexibility index (Phi) is 2.24. The molecule has 0 saturated carbocycles. The van der Waals surface area contributed by atoms with Gasteiger partial charge in [0.25, 0.3) is 0 Å². The van der Waals surface area contributed by atoms with Crippen LogP contribution in [-0.4, -0.2) is 18.2 Å². The average molecular weight is 230 g/mol. The summed E-state index contributed by atoms with van der Waals surface area (Å²) >= 11 is 0. The zero-order valence-electron chi connectivity index (χ0n) is 9.47.